The quantitative estimate of drug-likeness (QED) is 0.866. The van der Waals surface area contributed by atoms with Gasteiger partial charge in [-0.2, -0.15) is 0 Å². The highest BCUT2D eigenvalue weighted by Crippen LogP contribution is 2.27. The zero-order valence-corrected chi connectivity index (χ0v) is 10.7. The Kier molecular flexibility index (Phi) is 3.11. The van der Waals surface area contributed by atoms with Crippen molar-refractivity contribution in [1.29, 1.82) is 0 Å². The van der Waals surface area contributed by atoms with Crippen LogP contribution in [0.4, 0.5) is 0 Å². The summed E-state index contributed by atoms with van der Waals surface area (Å²) in [6.07, 6.45) is 4.43. The molecular weight excluding hydrogens is 220 g/mol. The van der Waals surface area contributed by atoms with Crippen LogP contribution < -0.4 is 5.32 Å². The standard InChI is InChI=1S/C16H18N2/c1-12-5-2-3-6-14(12)16-11-13(8-10-18-16)15-7-4-9-17-15/h2-3,5-6,8,10-11,15,17H,4,7,9H2,1H3/t15-/m1/s1. The third kappa shape index (κ3) is 2.16. The summed E-state index contributed by atoms with van der Waals surface area (Å²) in [5, 5.41) is 3.54. The summed E-state index contributed by atoms with van der Waals surface area (Å²) in [5.74, 6) is 0. The van der Waals surface area contributed by atoms with Crippen molar-refractivity contribution >= 4 is 0 Å². The minimum atomic E-state index is 0.510. The highest BCUT2D eigenvalue weighted by Gasteiger charge is 2.16. The largest absolute Gasteiger partial charge is 0.310 e. The van der Waals surface area contributed by atoms with E-state index in [2.05, 4.69) is 53.6 Å². The Labute approximate surface area is 108 Å². The number of hydrogen-bond donors (Lipinski definition) is 1. The molecular formula is C16H18N2. The van der Waals surface area contributed by atoms with Crippen molar-refractivity contribution < 1.29 is 0 Å². The topological polar surface area (TPSA) is 24.9 Å². The predicted octanol–water partition coefficient (Wildman–Crippen LogP) is 3.48. The molecule has 2 nitrogen and oxygen atoms in total. The molecule has 1 aromatic heterocycles. The SMILES string of the molecule is Cc1ccccc1-c1cc([C@H]2CCCN2)ccn1. The fourth-order valence-electron chi connectivity index (χ4n) is 2.64. The third-order valence-corrected chi connectivity index (χ3v) is 3.67. The number of pyridine rings is 1. The van der Waals surface area contributed by atoms with Gasteiger partial charge in [-0.05, 0) is 49.6 Å². The molecule has 18 heavy (non-hydrogen) atoms. The molecule has 0 radical (unpaired) electrons. The molecule has 2 heterocycles. The summed E-state index contributed by atoms with van der Waals surface area (Å²) in [6, 6.07) is 13.3. The van der Waals surface area contributed by atoms with Gasteiger partial charge in [0, 0.05) is 17.8 Å². The maximum atomic E-state index is 4.51. The first-order chi connectivity index (χ1) is 8.84. The molecule has 0 amide bonds. The van der Waals surface area contributed by atoms with Gasteiger partial charge in [0.15, 0.2) is 0 Å². The van der Waals surface area contributed by atoms with Crippen LogP contribution in [0.5, 0.6) is 0 Å². The monoisotopic (exact) mass is 238 g/mol. The molecule has 1 saturated heterocycles. The van der Waals surface area contributed by atoms with E-state index in [9.17, 15) is 0 Å². The average Bonchev–Trinajstić information content (AvgIpc) is 2.93. The Morgan fingerprint density at radius 3 is 2.89 bits per heavy atom. The predicted molar refractivity (Wildman–Crippen MR) is 74.4 cm³/mol. The molecule has 0 bridgehead atoms. The first-order valence-electron chi connectivity index (χ1n) is 6.60. The van der Waals surface area contributed by atoms with Crippen LogP contribution >= 0.6 is 0 Å². The summed E-state index contributed by atoms with van der Waals surface area (Å²) in [4.78, 5) is 4.51. The Morgan fingerprint density at radius 2 is 2.11 bits per heavy atom. The van der Waals surface area contributed by atoms with Gasteiger partial charge in [0.05, 0.1) is 5.69 Å². The van der Waals surface area contributed by atoms with E-state index in [-0.39, 0.29) is 0 Å². The molecule has 3 rings (SSSR count). The van der Waals surface area contributed by atoms with Gasteiger partial charge in [0.1, 0.15) is 0 Å². The molecule has 2 aromatic rings. The number of aryl methyl sites for hydroxylation is 1. The Bertz CT molecular complexity index is 542. The van der Waals surface area contributed by atoms with Crippen LogP contribution in [-0.4, -0.2) is 11.5 Å². The maximum absolute atomic E-state index is 4.51. The molecule has 1 aliphatic heterocycles. The number of hydrogen-bond acceptors (Lipinski definition) is 2. The van der Waals surface area contributed by atoms with Gasteiger partial charge in [-0.25, -0.2) is 0 Å². The molecule has 2 heteroatoms. The first-order valence-corrected chi connectivity index (χ1v) is 6.60. The van der Waals surface area contributed by atoms with Crippen LogP contribution in [-0.2, 0) is 0 Å². The van der Waals surface area contributed by atoms with Crippen molar-refractivity contribution in [3.05, 3.63) is 53.7 Å². The molecule has 1 fully saturated rings. The summed E-state index contributed by atoms with van der Waals surface area (Å²) < 4.78 is 0. The van der Waals surface area contributed by atoms with Crippen molar-refractivity contribution in [3.63, 3.8) is 0 Å². The van der Waals surface area contributed by atoms with Crippen molar-refractivity contribution in [2.75, 3.05) is 6.54 Å². The van der Waals surface area contributed by atoms with E-state index in [0.717, 1.165) is 12.2 Å². The molecule has 0 aliphatic carbocycles. The minimum Gasteiger partial charge on any atom is -0.310 e. The lowest BCUT2D eigenvalue weighted by Crippen LogP contribution is -2.12. The zero-order chi connectivity index (χ0) is 12.4. The fraction of sp³-hybridized carbons (Fsp3) is 0.312. The fourth-order valence-corrected chi connectivity index (χ4v) is 2.64. The van der Waals surface area contributed by atoms with Gasteiger partial charge in [-0.15, -0.1) is 0 Å². The number of rotatable bonds is 2. The Hall–Kier alpha value is -1.67. The maximum Gasteiger partial charge on any atom is 0.0707 e. The van der Waals surface area contributed by atoms with Crippen molar-refractivity contribution in [2.45, 2.75) is 25.8 Å². The molecule has 1 N–H and O–H groups in total. The summed E-state index contributed by atoms with van der Waals surface area (Å²) in [5.41, 5.74) is 4.96. The van der Waals surface area contributed by atoms with Crippen LogP contribution in [0, 0.1) is 6.92 Å². The Morgan fingerprint density at radius 1 is 1.22 bits per heavy atom. The molecule has 0 saturated carbocycles. The van der Waals surface area contributed by atoms with E-state index < -0.39 is 0 Å². The van der Waals surface area contributed by atoms with Gasteiger partial charge in [-0.3, -0.25) is 4.98 Å². The second-order valence-electron chi connectivity index (χ2n) is 4.94. The number of aromatic nitrogens is 1. The Balaban J connectivity index is 1.98. The van der Waals surface area contributed by atoms with Crippen LogP contribution in [0.15, 0.2) is 42.6 Å². The normalized spacial score (nSPS) is 19.1. The smallest absolute Gasteiger partial charge is 0.0707 e. The van der Waals surface area contributed by atoms with Crippen LogP contribution in [0.1, 0.15) is 30.0 Å². The first kappa shape index (κ1) is 11.4. The van der Waals surface area contributed by atoms with Gasteiger partial charge < -0.3 is 5.32 Å². The molecule has 0 spiro atoms. The van der Waals surface area contributed by atoms with E-state index in [1.54, 1.807) is 0 Å². The highest BCUT2D eigenvalue weighted by atomic mass is 14.9. The van der Waals surface area contributed by atoms with E-state index in [4.69, 9.17) is 0 Å². The number of nitrogens with zero attached hydrogens (tertiary/aromatic N) is 1. The van der Waals surface area contributed by atoms with Crippen LogP contribution in [0.3, 0.4) is 0 Å². The van der Waals surface area contributed by atoms with Crippen LogP contribution in [0.25, 0.3) is 11.3 Å². The second-order valence-corrected chi connectivity index (χ2v) is 4.94. The van der Waals surface area contributed by atoms with Gasteiger partial charge in [0.2, 0.25) is 0 Å². The molecule has 1 aliphatic rings. The molecule has 0 unspecified atom stereocenters. The summed E-state index contributed by atoms with van der Waals surface area (Å²) in [7, 11) is 0. The highest BCUT2D eigenvalue weighted by molar-refractivity contribution is 5.63. The lowest BCUT2D eigenvalue weighted by molar-refractivity contribution is 0.647. The van der Waals surface area contributed by atoms with Crippen molar-refractivity contribution in [1.82, 2.24) is 10.3 Å². The van der Waals surface area contributed by atoms with E-state index in [0.29, 0.717) is 6.04 Å². The zero-order valence-electron chi connectivity index (χ0n) is 10.7. The number of benzene rings is 1. The van der Waals surface area contributed by atoms with Gasteiger partial charge in [-0.1, -0.05) is 24.3 Å². The second kappa shape index (κ2) is 4.91. The molecule has 92 valence electrons. The van der Waals surface area contributed by atoms with Gasteiger partial charge >= 0.3 is 0 Å². The summed E-state index contributed by atoms with van der Waals surface area (Å²) in [6.45, 7) is 3.27. The minimum absolute atomic E-state index is 0.510. The van der Waals surface area contributed by atoms with Crippen molar-refractivity contribution in [2.24, 2.45) is 0 Å². The lowest BCUT2D eigenvalue weighted by atomic mass is 10.0. The number of nitrogens with one attached hydrogen (secondary N) is 1. The van der Waals surface area contributed by atoms with E-state index >= 15 is 0 Å². The van der Waals surface area contributed by atoms with E-state index in [1.807, 2.05) is 6.20 Å². The average molecular weight is 238 g/mol. The van der Waals surface area contributed by atoms with Gasteiger partial charge in [0.25, 0.3) is 0 Å². The lowest BCUT2D eigenvalue weighted by Gasteiger charge is -2.12. The molecule has 1 atom stereocenters. The van der Waals surface area contributed by atoms with Crippen molar-refractivity contribution in [3.8, 4) is 11.3 Å². The summed E-state index contributed by atoms with van der Waals surface area (Å²) >= 11 is 0. The third-order valence-electron chi connectivity index (χ3n) is 3.67. The molecule has 1 aromatic carbocycles. The van der Waals surface area contributed by atoms with E-state index in [1.165, 1.54) is 29.5 Å². The van der Waals surface area contributed by atoms with Crippen LogP contribution in [0.2, 0.25) is 0 Å².